The van der Waals surface area contributed by atoms with Gasteiger partial charge in [-0.15, -0.1) is 0 Å². The molecule has 0 atom stereocenters. The van der Waals surface area contributed by atoms with E-state index in [9.17, 15) is 5.26 Å². The fourth-order valence-corrected chi connectivity index (χ4v) is 13.2. The zero-order valence-corrected chi connectivity index (χ0v) is 42.9. The van der Waals surface area contributed by atoms with Crippen molar-refractivity contribution in [2.24, 2.45) is 0 Å². The quantitative estimate of drug-likeness (QED) is 0.149. The molecule has 0 N–H and O–H groups in total. The molecule has 4 heterocycles. The monoisotopic (exact) mass is 1000 g/mol. The van der Waals surface area contributed by atoms with Crippen LogP contribution in [0.15, 0.2) is 279 Å². The summed E-state index contributed by atoms with van der Waals surface area (Å²) in [5.74, 6) is 0. The Morgan fingerprint density at radius 3 is 1.27 bits per heavy atom. The third-order valence-electron chi connectivity index (χ3n) is 16.5. The summed E-state index contributed by atoms with van der Waals surface area (Å²) in [4.78, 5) is 5.06. The van der Waals surface area contributed by atoms with Crippen LogP contribution in [0.3, 0.4) is 0 Å². The first-order chi connectivity index (χ1) is 39.2. The number of hydrogen-bond acceptors (Lipinski definition) is 3. The summed E-state index contributed by atoms with van der Waals surface area (Å²) in [5, 5.41) is 15.4. The van der Waals surface area contributed by atoms with Gasteiger partial charge in [-0.1, -0.05) is 194 Å². The van der Waals surface area contributed by atoms with E-state index in [1.807, 2.05) is 6.07 Å². The van der Waals surface area contributed by atoms with Crippen LogP contribution >= 0.6 is 0 Å². The highest BCUT2D eigenvalue weighted by Gasteiger charge is 2.44. The van der Waals surface area contributed by atoms with Gasteiger partial charge in [-0.2, -0.15) is 5.26 Å². The van der Waals surface area contributed by atoms with Gasteiger partial charge in [0.1, 0.15) is 0 Å². The molecule has 0 saturated carbocycles. The summed E-state index contributed by atoms with van der Waals surface area (Å²) < 4.78 is 4.81. The lowest BCUT2D eigenvalue weighted by Crippen LogP contribution is -2.61. The second-order valence-electron chi connectivity index (χ2n) is 20.7. The van der Waals surface area contributed by atoms with Crippen molar-refractivity contribution < 1.29 is 0 Å². The van der Waals surface area contributed by atoms with Crippen LogP contribution in [0, 0.1) is 11.3 Å². The minimum Gasteiger partial charge on any atom is -0.311 e. The number of anilines is 6. The second-order valence-corrected chi connectivity index (χ2v) is 20.7. The van der Waals surface area contributed by atoms with Crippen LogP contribution in [0.1, 0.15) is 5.56 Å². The van der Waals surface area contributed by atoms with Crippen molar-refractivity contribution in [2.45, 2.75) is 0 Å². The highest BCUT2D eigenvalue weighted by Crippen LogP contribution is 2.49. The molecular formula is C73H46BN5. The van der Waals surface area contributed by atoms with E-state index < -0.39 is 0 Å². The van der Waals surface area contributed by atoms with Gasteiger partial charge in [0, 0.05) is 66.7 Å². The van der Waals surface area contributed by atoms with Gasteiger partial charge in [0.2, 0.25) is 0 Å². The van der Waals surface area contributed by atoms with Crippen molar-refractivity contribution in [1.82, 2.24) is 9.13 Å². The zero-order chi connectivity index (χ0) is 52.1. The van der Waals surface area contributed by atoms with E-state index in [1.165, 1.54) is 49.0 Å². The number of para-hydroxylation sites is 6. The Kier molecular flexibility index (Phi) is 10.0. The molecule has 2 aromatic heterocycles. The van der Waals surface area contributed by atoms with Gasteiger partial charge >= 0.3 is 0 Å². The molecule has 366 valence electrons. The Bertz CT molecular complexity index is 4730. The van der Waals surface area contributed by atoms with Crippen LogP contribution in [0.5, 0.6) is 0 Å². The van der Waals surface area contributed by atoms with Crippen LogP contribution in [0.4, 0.5) is 34.1 Å². The molecule has 79 heavy (non-hydrogen) atoms. The molecule has 2 aliphatic rings. The summed E-state index contributed by atoms with van der Waals surface area (Å²) in [6.07, 6.45) is 0. The average Bonchev–Trinajstić information content (AvgIpc) is 4.17. The number of aromatic nitrogens is 2. The number of rotatable bonds is 7. The maximum atomic E-state index is 10.6. The Morgan fingerprint density at radius 1 is 0.291 bits per heavy atom. The normalized spacial score (nSPS) is 12.5. The summed E-state index contributed by atoms with van der Waals surface area (Å²) in [6, 6.07) is 104. The Hall–Kier alpha value is -10.6. The van der Waals surface area contributed by atoms with Crippen LogP contribution in [-0.4, -0.2) is 15.8 Å². The summed E-state index contributed by atoms with van der Waals surface area (Å²) in [5.41, 5.74) is 24.2. The molecule has 0 spiro atoms. The van der Waals surface area contributed by atoms with Crippen molar-refractivity contribution in [2.75, 3.05) is 9.80 Å². The molecular weight excluding hydrogens is 958 g/mol. The second kappa shape index (κ2) is 17.7. The molecule has 0 bridgehead atoms. The predicted octanol–water partition coefficient (Wildman–Crippen LogP) is 16.8. The van der Waals surface area contributed by atoms with Gasteiger partial charge in [0.15, 0.2) is 0 Å². The molecule has 0 fully saturated rings. The topological polar surface area (TPSA) is 40.1 Å². The highest BCUT2D eigenvalue weighted by molar-refractivity contribution is 7.00. The number of benzene rings is 12. The lowest BCUT2D eigenvalue weighted by Gasteiger charge is -2.45. The lowest BCUT2D eigenvalue weighted by atomic mass is 9.33. The maximum absolute atomic E-state index is 10.6. The standard InChI is InChI=1S/C73H46BN5/c75-47-48-38-43-68(77-66-34-17-11-28-57(66)58-29-12-18-35-67(58)77)59(44-48)51-39-41-60-71(45-51)78(62-30-13-7-24-53(62)49-20-3-1-4-21-49)69-36-19-37-70-73(69)74(60)61-42-40-52(76-64-32-15-9-26-55(64)56-27-10-16-33-65(56)76)46-72(61)79(70)63-31-14-8-25-54(63)50-22-5-2-6-23-50/h1-46H. The Morgan fingerprint density at radius 2 is 0.734 bits per heavy atom. The highest BCUT2D eigenvalue weighted by atomic mass is 15.2. The van der Waals surface area contributed by atoms with Crippen LogP contribution < -0.4 is 26.2 Å². The van der Waals surface area contributed by atoms with E-state index in [1.54, 1.807) is 0 Å². The molecule has 14 aromatic rings. The summed E-state index contributed by atoms with van der Waals surface area (Å²) >= 11 is 0. The van der Waals surface area contributed by atoms with Gasteiger partial charge in [-0.25, -0.2) is 0 Å². The van der Waals surface area contributed by atoms with Gasteiger partial charge < -0.3 is 18.9 Å². The molecule has 16 rings (SSSR count). The number of fused-ring (bicyclic) bond motifs is 10. The fraction of sp³-hybridized carbons (Fsp3) is 0. The Balaban J connectivity index is 0.991. The first-order valence-corrected chi connectivity index (χ1v) is 27.0. The van der Waals surface area contributed by atoms with Gasteiger partial charge in [0.05, 0.1) is 50.8 Å². The van der Waals surface area contributed by atoms with E-state index in [0.717, 1.165) is 89.9 Å². The number of nitrogens with zero attached hydrogens (tertiary/aromatic N) is 5. The van der Waals surface area contributed by atoms with E-state index in [-0.39, 0.29) is 6.71 Å². The lowest BCUT2D eigenvalue weighted by molar-refractivity contribution is 1.17. The molecule has 6 heteroatoms. The van der Waals surface area contributed by atoms with Crippen molar-refractivity contribution in [3.8, 4) is 50.8 Å². The first-order valence-electron chi connectivity index (χ1n) is 27.0. The first kappa shape index (κ1) is 44.7. The van der Waals surface area contributed by atoms with Crippen molar-refractivity contribution in [3.05, 3.63) is 285 Å². The minimum absolute atomic E-state index is 0.153. The van der Waals surface area contributed by atoms with Crippen LogP contribution in [0.2, 0.25) is 0 Å². The van der Waals surface area contributed by atoms with Crippen LogP contribution in [-0.2, 0) is 0 Å². The predicted molar refractivity (Wildman–Crippen MR) is 330 cm³/mol. The molecule has 12 aromatic carbocycles. The van der Waals surface area contributed by atoms with E-state index in [4.69, 9.17) is 0 Å². The maximum Gasteiger partial charge on any atom is 0.252 e. The van der Waals surface area contributed by atoms with Gasteiger partial charge in [0.25, 0.3) is 6.71 Å². The molecule has 0 amide bonds. The van der Waals surface area contributed by atoms with E-state index in [2.05, 4.69) is 298 Å². The smallest absolute Gasteiger partial charge is 0.252 e. The molecule has 0 saturated heterocycles. The largest absolute Gasteiger partial charge is 0.311 e. The third-order valence-corrected chi connectivity index (χ3v) is 16.5. The van der Waals surface area contributed by atoms with Crippen molar-refractivity contribution in [3.63, 3.8) is 0 Å². The molecule has 0 aliphatic carbocycles. The van der Waals surface area contributed by atoms with Gasteiger partial charge in [-0.3, -0.25) is 0 Å². The third kappa shape index (κ3) is 6.77. The van der Waals surface area contributed by atoms with Crippen LogP contribution in [0.25, 0.3) is 88.4 Å². The minimum atomic E-state index is -0.153. The van der Waals surface area contributed by atoms with Crippen molar-refractivity contribution in [1.29, 1.82) is 5.26 Å². The van der Waals surface area contributed by atoms with Crippen molar-refractivity contribution >= 4 is 101 Å². The summed E-state index contributed by atoms with van der Waals surface area (Å²) in [6.45, 7) is -0.153. The zero-order valence-electron chi connectivity index (χ0n) is 42.9. The average molecular weight is 1000 g/mol. The molecule has 5 nitrogen and oxygen atoms in total. The Labute approximate surface area is 458 Å². The van der Waals surface area contributed by atoms with Gasteiger partial charge in [-0.05, 0) is 118 Å². The number of nitriles is 1. The SMILES string of the molecule is N#Cc1ccc(-n2c3ccccc3c3ccccc32)c(-c2ccc3c(c2)N(c2ccccc2-c2ccccc2)c2cccc4c2B3c2ccc(-n3c5ccccc5c5ccccc53)cc2N4c2ccccc2-c2ccccc2)c1. The molecule has 0 radical (unpaired) electrons. The number of hydrogen-bond donors (Lipinski definition) is 0. The van der Waals surface area contributed by atoms with E-state index in [0.29, 0.717) is 5.56 Å². The molecule has 0 unspecified atom stereocenters. The fourth-order valence-electron chi connectivity index (χ4n) is 13.2. The summed E-state index contributed by atoms with van der Waals surface area (Å²) in [7, 11) is 0. The van der Waals surface area contributed by atoms with E-state index >= 15 is 0 Å². The molecule has 2 aliphatic heterocycles.